The van der Waals surface area contributed by atoms with Crippen molar-refractivity contribution in [3.05, 3.63) is 41.4 Å². The Kier molecular flexibility index (Phi) is 3.31. The van der Waals surface area contributed by atoms with E-state index in [0.717, 1.165) is 21.2 Å². The molecular formula is C13H8Cl2N2OS. The predicted molar refractivity (Wildman–Crippen MR) is 80.2 cm³/mol. The number of nitrogens with one attached hydrogen (secondary N) is 2. The Bertz CT molecular complexity index is 676. The highest BCUT2D eigenvalue weighted by Gasteiger charge is 2.20. The van der Waals surface area contributed by atoms with Gasteiger partial charge in [-0.3, -0.25) is 4.79 Å². The van der Waals surface area contributed by atoms with Crippen LogP contribution < -0.4 is 10.6 Å². The first-order chi connectivity index (χ1) is 9.15. The van der Waals surface area contributed by atoms with Crippen molar-refractivity contribution in [1.82, 2.24) is 0 Å². The Balaban J connectivity index is 2.10. The third-order valence-electron chi connectivity index (χ3n) is 2.71. The van der Waals surface area contributed by atoms with Crippen LogP contribution in [-0.2, 0) is 0 Å². The van der Waals surface area contributed by atoms with E-state index in [0.29, 0.717) is 10.7 Å². The number of amides is 1. The van der Waals surface area contributed by atoms with Crippen molar-refractivity contribution in [3.8, 4) is 0 Å². The first-order valence-corrected chi connectivity index (χ1v) is 7.05. The number of para-hydroxylation sites is 1. The van der Waals surface area contributed by atoms with E-state index in [9.17, 15) is 4.79 Å². The van der Waals surface area contributed by atoms with Crippen LogP contribution in [0.25, 0.3) is 0 Å². The molecule has 2 aromatic rings. The highest BCUT2D eigenvalue weighted by molar-refractivity contribution is 7.99. The van der Waals surface area contributed by atoms with E-state index in [1.807, 2.05) is 30.3 Å². The quantitative estimate of drug-likeness (QED) is 0.472. The van der Waals surface area contributed by atoms with Crippen LogP contribution >= 0.6 is 35.0 Å². The van der Waals surface area contributed by atoms with Crippen molar-refractivity contribution in [2.75, 3.05) is 10.6 Å². The Morgan fingerprint density at radius 1 is 1.16 bits per heavy atom. The van der Waals surface area contributed by atoms with Gasteiger partial charge in [-0.2, -0.15) is 0 Å². The number of rotatable bonds is 1. The fourth-order valence-electron chi connectivity index (χ4n) is 1.90. The normalized spacial score (nSPS) is 12.1. The molecule has 3 nitrogen and oxygen atoms in total. The van der Waals surface area contributed by atoms with Gasteiger partial charge in [-0.25, -0.2) is 0 Å². The zero-order valence-corrected chi connectivity index (χ0v) is 11.9. The molecule has 0 aliphatic carbocycles. The summed E-state index contributed by atoms with van der Waals surface area (Å²) in [6.07, 6.45) is 0. The van der Waals surface area contributed by atoms with Gasteiger partial charge < -0.3 is 10.6 Å². The molecule has 0 unspecified atom stereocenters. The summed E-state index contributed by atoms with van der Waals surface area (Å²) in [6.45, 7) is 0. The second-order valence-corrected chi connectivity index (χ2v) is 5.75. The van der Waals surface area contributed by atoms with E-state index in [-0.39, 0.29) is 0 Å². The number of hydrogen-bond donors (Lipinski definition) is 2. The van der Waals surface area contributed by atoms with Crippen molar-refractivity contribution in [2.24, 2.45) is 0 Å². The third-order valence-corrected chi connectivity index (χ3v) is 4.25. The highest BCUT2D eigenvalue weighted by atomic mass is 35.5. The molecule has 0 saturated carbocycles. The maximum absolute atomic E-state index is 11.1. The molecule has 2 aromatic carbocycles. The van der Waals surface area contributed by atoms with Gasteiger partial charge in [0.2, 0.25) is 0 Å². The summed E-state index contributed by atoms with van der Waals surface area (Å²) in [7, 11) is 0. The largest absolute Gasteiger partial charge is 0.352 e. The molecule has 3 rings (SSSR count). The van der Waals surface area contributed by atoms with Crippen LogP contribution in [-0.4, -0.2) is 5.37 Å². The zero-order chi connectivity index (χ0) is 13.4. The monoisotopic (exact) mass is 310 g/mol. The van der Waals surface area contributed by atoms with Gasteiger partial charge in [0, 0.05) is 9.79 Å². The average Bonchev–Trinajstić information content (AvgIpc) is 2.40. The number of anilines is 3. The number of fused-ring (bicyclic) bond motifs is 2. The Morgan fingerprint density at radius 3 is 2.74 bits per heavy atom. The molecule has 0 bridgehead atoms. The minimum absolute atomic E-state index is 0.445. The first kappa shape index (κ1) is 12.7. The van der Waals surface area contributed by atoms with Crippen molar-refractivity contribution in [1.29, 1.82) is 0 Å². The van der Waals surface area contributed by atoms with Crippen LogP contribution in [0, 0.1) is 0 Å². The number of hydrogen-bond acceptors (Lipinski definition) is 3. The van der Waals surface area contributed by atoms with Gasteiger partial charge in [0.15, 0.2) is 0 Å². The Labute approximate surface area is 124 Å². The predicted octanol–water partition coefficient (Wildman–Crippen LogP) is 5.32. The second-order valence-electron chi connectivity index (χ2n) is 3.92. The average molecular weight is 311 g/mol. The van der Waals surface area contributed by atoms with Crippen LogP contribution in [0.5, 0.6) is 0 Å². The molecule has 0 radical (unpaired) electrons. The SMILES string of the molecule is O=C(Cl)Nc1c(Cl)ccc2c1Nc1ccccc1S2. The fraction of sp³-hybridized carbons (Fsp3) is 0. The molecule has 0 fully saturated rings. The molecule has 6 heteroatoms. The third kappa shape index (κ3) is 2.39. The molecule has 0 saturated heterocycles. The molecule has 1 aliphatic heterocycles. The smallest absolute Gasteiger partial charge is 0.318 e. The van der Waals surface area contributed by atoms with Crippen molar-refractivity contribution < 1.29 is 4.79 Å². The van der Waals surface area contributed by atoms with E-state index >= 15 is 0 Å². The van der Waals surface area contributed by atoms with Crippen LogP contribution in [0.2, 0.25) is 5.02 Å². The van der Waals surface area contributed by atoms with Gasteiger partial charge in [0.05, 0.1) is 22.1 Å². The summed E-state index contributed by atoms with van der Waals surface area (Å²) in [4.78, 5) is 13.2. The Hall–Kier alpha value is -1.36. The van der Waals surface area contributed by atoms with E-state index < -0.39 is 5.37 Å². The minimum Gasteiger partial charge on any atom is -0.352 e. The van der Waals surface area contributed by atoms with Crippen LogP contribution in [0.15, 0.2) is 46.2 Å². The second kappa shape index (κ2) is 4.96. The van der Waals surface area contributed by atoms with Gasteiger partial charge in [-0.05, 0) is 35.9 Å². The van der Waals surface area contributed by atoms with Gasteiger partial charge >= 0.3 is 5.37 Å². The molecule has 19 heavy (non-hydrogen) atoms. The van der Waals surface area contributed by atoms with Crippen LogP contribution in [0.1, 0.15) is 0 Å². The first-order valence-electron chi connectivity index (χ1n) is 5.48. The molecule has 0 aromatic heterocycles. The maximum Gasteiger partial charge on any atom is 0.318 e. The molecular weight excluding hydrogens is 303 g/mol. The van der Waals surface area contributed by atoms with Crippen molar-refractivity contribution in [2.45, 2.75) is 9.79 Å². The number of carbonyl (C=O) groups is 1. The number of carbonyl (C=O) groups excluding carboxylic acids is 1. The van der Waals surface area contributed by atoms with Crippen LogP contribution in [0.3, 0.4) is 0 Å². The summed E-state index contributed by atoms with van der Waals surface area (Å²) >= 11 is 13.1. The number of halogens is 2. The lowest BCUT2D eigenvalue weighted by Crippen LogP contribution is -2.08. The summed E-state index contributed by atoms with van der Waals surface area (Å²) in [5.74, 6) is 0. The van der Waals surface area contributed by atoms with E-state index in [2.05, 4.69) is 10.6 Å². The fourth-order valence-corrected chi connectivity index (χ4v) is 3.20. The summed E-state index contributed by atoms with van der Waals surface area (Å²) in [5, 5.41) is 5.61. The molecule has 0 spiro atoms. The summed E-state index contributed by atoms with van der Waals surface area (Å²) in [5.41, 5.74) is 2.25. The van der Waals surface area contributed by atoms with E-state index in [4.69, 9.17) is 23.2 Å². The lowest BCUT2D eigenvalue weighted by atomic mass is 10.2. The van der Waals surface area contributed by atoms with Gasteiger partial charge in [-0.15, -0.1) is 0 Å². The topological polar surface area (TPSA) is 41.1 Å². The lowest BCUT2D eigenvalue weighted by Gasteiger charge is -2.23. The Morgan fingerprint density at radius 2 is 1.95 bits per heavy atom. The van der Waals surface area contributed by atoms with Crippen LogP contribution in [0.4, 0.5) is 21.9 Å². The highest BCUT2D eigenvalue weighted by Crippen LogP contribution is 2.48. The standard InChI is InChI=1S/C13H8Cl2N2OS/c14-7-5-6-10-12(11(7)17-13(15)18)16-8-3-1-2-4-9(8)19-10/h1-6,16H,(H,17,18). The molecule has 1 aliphatic rings. The van der Waals surface area contributed by atoms with E-state index in [1.165, 1.54) is 0 Å². The van der Waals surface area contributed by atoms with Crippen molar-refractivity contribution >= 4 is 57.4 Å². The molecule has 0 atom stereocenters. The zero-order valence-electron chi connectivity index (χ0n) is 9.54. The van der Waals surface area contributed by atoms with Gasteiger partial charge in [0.1, 0.15) is 0 Å². The van der Waals surface area contributed by atoms with E-state index in [1.54, 1.807) is 17.8 Å². The minimum atomic E-state index is -0.666. The molecule has 96 valence electrons. The lowest BCUT2D eigenvalue weighted by molar-refractivity contribution is 0.269. The molecule has 2 N–H and O–H groups in total. The maximum atomic E-state index is 11.1. The van der Waals surface area contributed by atoms with Gasteiger partial charge in [0.25, 0.3) is 0 Å². The molecule has 1 heterocycles. The summed E-state index contributed by atoms with van der Waals surface area (Å²) < 4.78 is 0. The van der Waals surface area contributed by atoms with Gasteiger partial charge in [-0.1, -0.05) is 35.5 Å². The van der Waals surface area contributed by atoms with Crippen molar-refractivity contribution in [3.63, 3.8) is 0 Å². The molecule has 1 amide bonds. The summed E-state index contributed by atoms with van der Waals surface area (Å²) in [6, 6.07) is 11.6. The number of benzene rings is 2.